The van der Waals surface area contributed by atoms with Crippen LogP contribution in [0.15, 0.2) is 115 Å². The molecule has 1 saturated heterocycles. The van der Waals surface area contributed by atoms with E-state index in [9.17, 15) is 14.0 Å². The number of carbonyl (C=O) groups excluding carboxylic acids is 2. The topological polar surface area (TPSA) is 96.5 Å². The molecule has 11 heteroatoms. The normalized spacial score (nSPS) is 15.3. The van der Waals surface area contributed by atoms with E-state index in [2.05, 4.69) is 31.4 Å². The molecule has 0 aliphatic carbocycles. The van der Waals surface area contributed by atoms with E-state index in [1.807, 2.05) is 24.3 Å². The summed E-state index contributed by atoms with van der Waals surface area (Å²) in [6, 6.07) is 23.6. The molecule has 1 aromatic heterocycles. The summed E-state index contributed by atoms with van der Waals surface area (Å²) in [7, 11) is 0. The number of halogens is 2. The molecular weight excluding hydrogens is 611 g/mol. The van der Waals surface area contributed by atoms with Gasteiger partial charge in [0.1, 0.15) is 17.3 Å². The Morgan fingerprint density at radius 2 is 1.90 bits per heavy atom. The van der Waals surface area contributed by atoms with Crippen molar-refractivity contribution in [2.24, 2.45) is 10.2 Å². The van der Waals surface area contributed by atoms with Crippen LogP contribution >= 0.6 is 27.7 Å². The molecule has 2 amide bonds. The average molecular weight is 633 g/mol. The maximum atomic E-state index is 13.5. The van der Waals surface area contributed by atoms with E-state index < -0.39 is 11.7 Å². The van der Waals surface area contributed by atoms with Gasteiger partial charge in [0.2, 0.25) is 0 Å². The van der Waals surface area contributed by atoms with Gasteiger partial charge in [-0.1, -0.05) is 46.3 Å². The van der Waals surface area contributed by atoms with Crippen LogP contribution in [0.3, 0.4) is 0 Å². The third-order valence-electron chi connectivity index (χ3n) is 5.67. The van der Waals surface area contributed by atoms with Gasteiger partial charge in [0.15, 0.2) is 11.8 Å². The standard InChI is InChI=1S/C30H22BrFN4O4S/c31-22-7-3-5-20(15-22)17-33-35-30-36(18-25-8-4-14-39-25)29(38)27(41-30)16-21-6-1-2-9-26(21)40-19-28(37)34-24-12-10-23(32)11-13-24/h1-17H,18-19H2,(H,34,37)/b27-16-,33-17+,35-30-. The Balaban J connectivity index is 1.34. The number of amidine groups is 1. The van der Waals surface area contributed by atoms with Crippen LogP contribution in [0.25, 0.3) is 6.08 Å². The van der Waals surface area contributed by atoms with Crippen molar-refractivity contribution >= 4 is 62.7 Å². The minimum atomic E-state index is -0.410. The van der Waals surface area contributed by atoms with Gasteiger partial charge in [-0.15, -0.1) is 5.10 Å². The number of ether oxygens (including phenoxy) is 1. The fraction of sp³-hybridized carbons (Fsp3) is 0.0667. The number of para-hydroxylation sites is 1. The maximum absolute atomic E-state index is 13.5. The van der Waals surface area contributed by atoms with Gasteiger partial charge in [0, 0.05) is 15.7 Å². The second-order valence-corrected chi connectivity index (χ2v) is 10.6. The summed E-state index contributed by atoms with van der Waals surface area (Å²) < 4.78 is 25.3. The van der Waals surface area contributed by atoms with Gasteiger partial charge >= 0.3 is 0 Å². The summed E-state index contributed by atoms with van der Waals surface area (Å²) in [6.07, 6.45) is 4.84. The number of furan rings is 1. The molecule has 1 N–H and O–H groups in total. The molecule has 4 aromatic rings. The number of anilines is 1. The Bertz CT molecular complexity index is 1640. The molecule has 0 bridgehead atoms. The predicted octanol–water partition coefficient (Wildman–Crippen LogP) is 6.71. The van der Waals surface area contributed by atoms with Crippen LogP contribution in [0.5, 0.6) is 5.75 Å². The van der Waals surface area contributed by atoms with Crippen molar-refractivity contribution in [1.82, 2.24) is 4.90 Å². The Morgan fingerprint density at radius 3 is 2.68 bits per heavy atom. The molecule has 206 valence electrons. The first-order valence-corrected chi connectivity index (χ1v) is 13.9. The molecule has 0 atom stereocenters. The number of hydrogen-bond acceptors (Lipinski definition) is 7. The van der Waals surface area contributed by atoms with Crippen LogP contribution in [-0.2, 0) is 16.1 Å². The van der Waals surface area contributed by atoms with E-state index in [1.54, 1.807) is 55.0 Å². The molecule has 1 fully saturated rings. The Labute approximate surface area is 247 Å². The van der Waals surface area contributed by atoms with Gasteiger partial charge in [-0.2, -0.15) is 5.10 Å². The molecule has 0 saturated carbocycles. The van der Waals surface area contributed by atoms with E-state index in [-0.39, 0.29) is 19.1 Å². The summed E-state index contributed by atoms with van der Waals surface area (Å²) in [6.45, 7) is -0.0938. The lowest BCUT2D eigenvalue weighted by molar-refractivity contribution is -0.122. The lowest BCUT2D eigenvalue weighted by Gasteiger charge is -2.12. The van der Waals surface area contributed by atoms with Crippen LogP contribution in [0.2, 0.25) is 0 Å². The fourth-order valence-corrected chi connectivity index (χ4v) is 5.10. The Kier molecular flexibility index (Phi) is 9.07. The Hall–Kier alpha value is -4.48. The quantitative estimate of drug-likeness (QED) is 0.126. The molecule has 0 spiro atoms. The minimum absolute atomic E-state index is 0.184. The number of rotatable bonds is 9. The van der Waals surface area contributed by atoms with Gasteiger partial charge < -0.3 is 14.5 Å². The summed E-state index contributed by atoms with van der Waals surface area (Å²) in [5.41, 5.74) is 1.91. The van der Waals surface area contributed by atoms with Crippen molar-refractivity contribution < 1.29 is 23.1 Å². The van der Waals surface area contributed by atoms with Crippen molar-refractivity contribution in [3.8, 4) is 5.75 Å². The van der Waals surface area contributed by atoms with Crippen molar-refractivity contribution in [1.29, 1.82) is 0 Å². The highest BCUT2D eigenvalue weighted by Crippen LogP contribution is 2.35. The summed E-state index contributed by atoms with van der Waals surface area (Å²) in [5, 5.41) is 11.6. The van der Waals surface area contributed by atoms with Gasteiger partial charge in [0.25, 0.3) is 11.8 Å². The molecule has 1 aliphatic rings. The fourth-order valence-electron chi connectivity index (χ4n) is 3.76. The molecule has 5 rings (SSSR count). The van der Waals surface area contributed by atoms with Crippen molar-refractivity contribution in [2.75, 3.05) is 11.9 Å². The van der Waals surface area contributed by atoms with E-state index >= 15 is 0 Å². The molecule has 41 heavy (non-hydrogen) atoms. The van der Waals surface area contributed by atoms with Crippen LogP contribution < -0.4 is 10.1 Å². The lowest BCUT2D eigenvalue weighted by Crippen LogP contribution is -2.28. The first-order chi connectivity index (χ1) is 19.9. The number of amides is 2. The van der Waals surface area contributed by atoms with Crippen LogP contribution in [-0.4, -0.2) is 34.7 Å². The molecule has 0 radical (unpaired) electrons. The average Bonchev–Trinajstić information content (AvgIpc) is 3.58. The highest BCUT2D eigenvalue weighted by atomic mass is 79.9. The lowest BCUT2D eigenvalue weighted by atomic mass is 10.2. The molecule has 0 unspecified atom stereocenters. The number of nitrogens with zero attached hydrogens (tertiary/aromatic N) is 3. The van der Waals surface area contributed by atoms with E-state index in [4.69, 9.17) is 9.15 Å². The first kappa shape index (κ1) is 28.1. The minimum Gasteiger partial charge on any atom is -0.483 e. The van der Waals surface area contributed by atoms with Crippen LogP contribution in [0, 0.1) is 5.82 Å². The number of nitrogens with one attached hydrogen (secondary N) is 1. The third kappa shape index (κ3) is 7.59. The highest BCUT2D eigenvalue weighted by molar-refractivity contribution is 9.10. The van der Waals surface area contributed by atoms with E-state index in [0.717, 1.165) is 10.0 Å². The van der Waals surface area contributed by atoms with E-state index in [1.165, 1.54) is 40.9 Å². The summed E-state index contributed by atoms with van der Waals surface area (Å²) >= 11 is 4.61. The monoisotopic (exact) mass is 632 g/mol. The second-order valence-electron chi connectivity index (χ2n) is 8.65. The number of benzene rings is 3. The zero-order valence-electron chi connectivity index (χ0n) is 21.4. The van der Waals surface area contributed by atoms with Crippen molar-refractivity contribution in [3.63, 3.8) is 0 Å². The highest BCUT2D eigenvalue weighted by Gasteiger charge is 2.34. The largest absolute Gasteiger partial charge is 0.483 e. The second kappa shape index (κ2) is 13.2. The van der Waals surface area contributed by atoms with Gasteiger partial charge in [-0.3, -0.25) is 14.5 Å². The summed E-state index contributed by atoms with van der Waals surface area (Å²) in [5.74, 6) is -0.0646. The molecular formula is C30H22BrFN4O4S. The predicted molar refractivity (Wildman–Crippen MR) is 161 cm³/mol. The zero-order valence-corrected chi connectivity index (χ0v) is 23.8. The van der Waals surface area contributed by atoms with Crippen molar-refractivity contribution in [3.05, 3.63) is 123 Å². The first-order valence-electron chi connectivity index (χ1n) is 12.3. The molecule has 3 aromatic carbocycles. The van der Waals surface area contributed by atoms with Crippen LogP contribution in [0.4, 0.5) is 10.1 Å². The van der Waals surface area contributed by atoms with Crippen LogP contribution in [0.1, 0.15) is 16.9 Å². The number of carbonyl (C=O) groups is 2. The summed E-state index contributed by atoms with van der Waals surface area (Å²) in [4.78, 5) is 27.7. The van der Waals surface area contributed by atoms with Gasteiger partial charge in [-0.25, -0.2) is 4.39 Å². The van der Waals surface area contributed by atoms with Crippen molar-refractivity contribution in [2.45, 2.75) is 6.54 Å². The third-order valence-corrected chi connectivity index (χ3v) is 7.16. The SMILES string of the molecule is O=C(COc1ccccc1/C=C1\S/C(=N\N=C\c2cccc(Br)c2)N(Cc2ccco2)C1=O)Nc1ccc(F)cc1. The van der Waals surface area contributed by atoms with Gasteiger partial charge in [-0.05, 0) is 78.0 Å². The van der Waals surface area contributed by atoms with Gasteiger partial charge in [0.05, 0.1) is 23.9 Å². The molecule has 8 nitrogen and oxygen atoms in total. The number of thioether (sulfide) groups is 1. The van der Waals surface area contributed by atoms with E-state index in [0.29, 0.717) is 32.8 Å². The smallest absolute Gasteiger partial charge is 0.267 e. The zero-order chi connectivity index (χ0) is 28.6. The maximum Gasteiger partial charge on any atom is 0.267 e. The Morgan fingerprint density at radius 1 is 1.07 bits per heavy atom. The molecule has 1 aliphatic heterocycles. The number of hydrogen-bond donors (Lipinski definition) is 1. The molecule has 2 heterocycles.